The minimum atomic E-state index is -0.434. The summed E-state index contributed by atoms with van der Waals surface area (Å²) in [5.41, 5.74) is 1.91. The SMILES string of the molecule is C[C@@H](CC(=O)OC(C)(C)C)NCc1ccc(Cn2cncn2)cc1. The van der Waals surface area contributed by atoms with Gasteiger partial charge in [-0.3, -0.25) is 4.79 Å². The van der Waals surface area contributed by atoms with E-state index >= 15 is 0 Å². The molecule has 6 heteroatoms. The molecule has 0 saturated carbocycles. The first kappa shape index (κ1) is 18.1. The maximum Gasteiger partial charge on any atom is 0.307 e. The second-order valence-corrected chi connectivity index (χ2v) is 6.98. The predicted octanol–water partition coefficient (Wildman–Crippen LogP) is 2.54. The van der Waals surface area contributed by atoms with E-state index in [1.165, 1.54) is 17.5 Å². The van der Waals surface area contributed by atoms with Crippen LogP contribution in [-0.4, -0.2) is 32.4 Å². The Kier molecular flexibility index (Phi) is 6.09. The van der Waals surface area contributed by atoms with Crippen LogP contribution in [0.4, 0.5) is 0 Å². The molecular weight excluding hydrogens is 304 g/mol. The van der Waals surface area contributed by atoms with E-state index in [1.807, 2.05) is 27.7 Å². The molecule has 0 aliphatic heterocycles. The highest BCUT2D eigenvalue weighted by atomic mass is 16.6. The van der Waals surface area contributed by atoms with E-state index in [9.17, 15) is 4.79 Å². The van der Waals surface area contributed by atoms with Crippen molar-refractivity contribution in [3.63, 3.8) is 0 Å². The fourth-order valence-electron chi connectivity index (χ4n) is 2.26. The number of hydrogen-bond acceptors (Lipinski definition) is 5. The van der Waals surface area contributed by atoms with Crippen molar-refractivity contribution in [2.24, 2.45) is 0 Å². The van der Waals surface area contributed by atoms with Gasteiger partial charge in [-0.1, -0.05) is 24.3 Å². The van der Waals surface area contributed by atoms with Gasteiger partial charge in [-0.25, -0.2) is 9.67 Å². The molecule has 24 heavy (non-hydrogen) atoms. The van der Waals surface area contributed by atoms with E-state index in [2.05, 4.69) is 39.7 Å². The molecule has 130 valence electrons. The number of ether oxygens (including phenoxy) is 1. The lowest BCUT2D eigenvalue weighted by Gasteiger charge is -2.21. The molecule has 1 aromatic heterocycles. The van der Waals surface area contributed by atoms with E-state index in [1.54, 1.807) is 11.0 Å². The molecule has 1 atom stereocenters. The molecule has 0 amide bonds. The number of hydrogen-bond donors (Lipinski definition) is 1. The van der Waals surface area contributed by atoms with Crippen LogP contribution in [0, 0.1) is 0 Å². The van der Waals surface area contributed by atoms with Crippen molar-refractivity contribution in [2.45, 2.75) is 58.8 Å². The monoisotopic (exact) mass is 330 g/mol. The zero-order chi connectivity index (χ0) is 17.6. The number of aromatic nitrogens is 3. The van der Waals surface area contributed by atoms with Gasteiger partial charge < -0.3 is 10.1 Å². The molecule has 0 aliphatic rings. The summed E-state index contributed by atoms with van der Waals surface area (Å²) in [6.45, 7) is 9.05. The smallest absolute Gasteiger partial charge is 0.307 e. The van der Waals surface area contributed by atoms with Crippen LogP contribution in [0.2, 0.25) is 0 Å². The van der Waals surface area contributed by atoms with E-state index in [4.69, 9.17) is 4.74 Å². The summed E-state index contributed by atoms with van der Waals surface area (Å²) in [5, 5.41) is 7.45. The Hall–Kier alpha value is -2.21. The molecule has 1 aromatic carbocycles. The van der Waals surface area contributed by atoms with Gasteiger partial charge in [-0.15, -0.1) is 0 Å². The van der Waals surface area contributed by atoms with Crippen molar-refractivity contribution in [3.05, 3.63) is 48.0 Å². The van der Waals surface area contributed by atoms with Crippen LogP contribution in [0.5, 0.6) is 0 Å². The number of rotatable bonds is 7. The largest absolute Gasteiger partial charge is 0.460 e. The minimum Gasteiger partial charge on any atom is -0.460 e. The molecule has 0 aliphatic carbocycles. The van der Waals surface area contributed by atoms with Gasteiger partial charge in [0, 0.05) is 12.6 Å². The number of benzene rings is 1. The molecule has 0 unspecified atom stereocenters. The lowest BCUT2D eigenvalue weighted by Crippen LogP contribution is -2.32. The fourth-order valence-corrected chi connectivity index (χ4v) is 2.26. The number of carbonyl (C=O) groups excluding carboxylic acids is 1. The molecule has 1 N–H and O–H groups in total. The molecule has 0 bridgehead atoms. The van der Waals surface area contributed by atoms with Crippen LogP contribution in [-0.2, 0) is 22.6 Å². The van der Waals surface area contributed by atoms with Crippen LogP contribution in [0.3, 0.4) is 0 Å². The Morgan fingerprint density at radius 3 is 2.50 bits per heavy atom. The highest BCUT2D eigenvalue weighted by Gasteiger charge is 2.18. The maximum absolute atomic E-state index is 11.8. The zero-order valence-electron chi connectivity index (χ0n) is 14.8. The van der Waals surface area contributed by atoms with Gasteiger partial charge in [0.15, 0.2) is 0 Å². The van der Waals surface area contributed by atoms with Gasteiger partial charge in [0.1, 0.15) is 18.3 Å². The lowest BCUT2D eigenvalue weighted by atomic mass is 10.1. The van der Waals surface area contributed by atoms with Gasteiger partial charge in [-0.2, -0.15) is 5.10 Å². The van der Waals surface area contributed by atoms with Crippen molar-refractivity contribution in [1.29, 1.82) is 0 Å². The van der Waals surface area contributed by atoms with Gasteiger partial charge >= 0.3 is 5.97 Å². The Morgan fingerprint density at radius 2 is 1.92 bits per heavy atom. The average molecular weight is 330 g/mol. The Morgan fingerprint density at radius 1 is 1.25 bits per heavy atom. The quantitative estimate of drug-likeness (QED) is 0.790. The highest BCUT2D eigenvalue weighted by Crippen LogP contribution is 2.10. The normalized spacial score (nSPS) is 12.8. The second-order valence-electron chi connectivity index (χ2n) is 6.98. The number of nitrogens with zero attached hydrogens (tertiary/aromatic N) is 3. The third-order valence-corrected chi connectivity index (χ3v) is 3.38. The van der Waals surface area contributed by atoms with Gasteiger partial charge in [0.2, 0.25) is 0 Å². The van der Waals surface area contributed by atoms with Crippen LogP contribution in [0.1, 0.15) is 45.2 Å². The zero-order valence-corrected chi connectivity index (χ0v) is 14.8. The van der Waals surface area contributed by atoms with Crippen molar-refractivity contribution in [1.82, 2.24) is 20.1 Å². The van der Waals surface area contributed by atoms with Crippen molar-refractivity contribution in [3.8, 4) is 0 Å². The van der Waals surface area contributed by atoms with Crippen LogP contribution in [0.15, 0.2) is 36.9 Å². The average Bonchev–Trinajstić information content (AvgIpc) is 2.97. The summed E-state index contributed by atoms with van der Waals surface area (Å²) in [6.07, 6.45) is 3.60. The molecule has 2 rings (SSSR count). The Balaban J connectivity index is 1.76. The summed E-state index contributed by atoms with van der Waals surface area (Å²) in [6, 6.07) is 8.39. The first-order valence-electron chi connectivity index (χ1n) is 8.17. The van der Waals surface area contributed by atoms with Crippen molar-refractivity contribution in [2.75, 3.05) is 0 Å². The van der Waals surface area contributed by atoms with E-state index in [-0.39, 0.29) is 12.0 Å². The third kappa shape index (κ3) is 6.50. The van der Waals surface area contributed by atoms with Gasteiger partial charge in [-0.05, 0) is 38.8 Å². The number of nitrogens with one attached hydrogen (secondary N) is 1. The summed E-state index contributed by atoms with van der Waals surface area (Å²) < 4.78 is 7.12. The molecule has 0 spiro atoms. The summed E-state index contributed by atoms with van der Waals surface area (Å²) in [7, 11) is 0. The van der Waals surface area contributed by atoms with Gasteiger partial charge in [0.05, 0.1) is 13.0 Å². The van der Waals surface area contributed by atoms with E-state index in [0.717, 1.165) is 0 Å². The van der Waals surface area contributed by atoms with E-state index < -0.39 is 5.60 Å². The number of carbonyl (C=O) groups is 1. The minimum absolute atomic E-state index is 0.0645. The fraction of sp³-hybridized carbons (Fsp3) is 0.500. The van der Waals surface area contributed by atoms with Gasteiger partial charge in [0.25, 0.3) is 0 Å². The van der Waals surface area contributed by atoms with Crippen LogP contribution in [0.25, 0.3) is 0 Å². The molecule has 1 heterocycles. The van der Waals surface area contributed by atoms with Crippen LogP contribution < -0.4 is 5.32 Å². The summed E-state index contributed by atoms with van der Waals surface area (Å²) in [4.78, 5) is 15.7. The first-order valence-corrected chi connectivity index (χ1v) is 8.17. The predicted molar refractivity (Wildman–Crippen MR) is 92.3 cm³/mol. The molecule has 0 fully saturated rings. The Labute approximate surface area is 143 Å². The highest BCUT2D eigenvalue weighted by molar-refractivity contribution is 5.70. The maximum atomic E-state index is 11.8. The topological polar surface area (TPSA) is 69.0 Å². The second kappa shape index (κ2) is 8.06. The first-order chi connectivity index (χ1) is 11.3. The standard InChI is InChI=1S/C18H26N4O2/c1-14(9-17(23)24-18(2,3)4)20-10-15-5-7-16(8-6-15)11-22-13-19-12-21-22/h5-8,12-14,20H,9-11H2,1-4H3/t14-/m0/s1. The van der Waals surface area contributed by atoms with Crippen molar-refractivity contribution < 1.29 is 9.53 Å². The van der Waals surface area contributed by atoms with Crippen molar-refractivity contribution >= 4 is 5.97 Å². The molecule has 2 aromatic rings. The molecule has 6 nitrogen and oxygen atoms in total. The molecular formula is C18H26N4O2. The molecule has 0 saturated heterocycles. The lowest BCUT2D eigenvalue weighted by molar-refractivity contribution is -0.155. The Bertz CT molecular complexity index is 630. The summed E-state index contributed by atoms with van der Waals surface area (Å²) in [5.74, 6) is -0.175. The summed E-state index contributed by atoms with van der Waals surface area (Å²) >= 11 is 0. The van der Waals surface area contributed by atoms with Crippen LogP contribution >= 0.6 is 0 Å². The molecule has 0 radical (unpaired) electrons. The third-order valence-electron chi connectivity index (χ3n) is 3.38. The van der Waals surface area contributed by atoms with E-state index in [0.29, 0.717) is 19.5 Å². The number of esters is 1.